The van der Waals surface area contributed by atoms with Gasteiger partial charge < -0.3 is 10.5 Å². The molecular weight excluding hydrogens is 224 g/mol. The van der Waals surface area contributed by atoms with Crippen LogP contribution in [-0.2, 0) is 6.54 Å². The third-order valence-corrected chi connectivity index (χ3v) is 2.87. The molecule has 2 aromatic rings. The molecule has 0 radical (unpaired) electrons. The number of methoxy groups -OCH3 is 1. The minimum absolute atomic E-state index is 0.409. The van der Waals surface area contributed by atoms with Crippen LogP contribution in [0.3, 0.4) is 0 Å². The highest BCUT2D eigenvalue weighted by Gasteiger charge is 2.10. The first-order chi connectivity index (χ1) is 7.67. The summed E-state index contributed by atoms with van der Waals surface area (Å²) in [7, 11) is 1.62. The maximum atomic E-state index is 6.16. The molecule has 16 heavy (non-hydrogen) atoms. The van der Waals surface area contributed by atoms with Crippen LogP contribution in [0.2, 0.25) is 5.02 Å². The van der Waals surface area contributed by atoms with Crippen molar-refractivity contribution < 1.29 is 4.74 Å². The lowest BCUT2D eigenvalue weighted by molar-refractivity contribution is 0.419. The fourth-order valence-corrected chi connectivity index (χ4v) is 2.10. The van der Waals surface area contributed by atoms with Crippen molar-refractivity contribution >= 4 is 22.5 Å². The van der Waals surface area contributed by atoms with Gasteiger partial charge in [0.2, 0.25) is 0 Å². The van der Waals surface area contributed by atoms with Crippen molar-refractivity contribution in [2.45, 2.75) is 13.5 Å². The van der Waals surface area contributed by atoms with Gasteiger partial charge in [-0.1, -0.05) is 11.6 Å². The minimum atomic E-state index is 0.409. The first-order valence-electron chi connectivity index (χ1n) is 5.00. The number of ether oxygens (including phenoxy) is 1. The molecule has 0 spiro atoms. The topological polar surface area (TPSA) is 48.1 Å². The summed E-state index contributed by atoms with van der Waals surface area (Å²) in [4.78, 5) is 4.45. The lowest BCUT2D eigenvalue weighted by Crippen LogP contribution is -2.01. The van der Waals surface area contributed by atoms with E-state index in [9.17, 15) is 0 Å². The number of rotatable bonds is 2. The number of benzene rings is 1. The van der Waals surface area contributed by atoms with Crippen molar-refractivity contribution in [1.29, 1.82) is 0 Å². The number of aryl methyl sites for hydroxylation is 1. The molecule has 0 aliphatic carbocycles. The normalized spacial score (nSPS) is 10.8. The van der Waals surface area contributed by atoms with Crippen LogP contribution in [-0.4, -0.2) is 12.1 Å². The van der Waals surface area contributed by atoms with Crippen molar-refractivity contribution in [3.8, 4) is 5.75 Å². The highest BCUT2D eigenvalue weighted by atomic mass is 35.5. The Balaban J connectivity index is 2.87. The second kappa shape index (κ2) is 4.28. The number of nitrogens with zero attached hydrogens (tertiary/aromatic N) is 1. The van der Waals surface area contributed by atoms with Gasteiger partial charge in [-0.15, -0.1) is 0 Å². The largest absolute Gasteiger partial charge is 0.494 e. The molecule has 0 atom stereocenters. The summed E-state index contributed by atoms with van der Waals surface area (Å²) in [5.74, 6) is 0.720. The predicted molar refractivity (Wildman–Crippen MR) is 65.9 cm³/mol. The third kappa shape index (κ3) is 1.72. The molecule has 2 rings (SSSR count). The van der Waals surface area contributed by atoms with E-state index < -0.39 is 0 Å². The fraction of sp³-hybridized carbons (Fsp3) is 0.250. The number of pyridine rings is 1. The molecule has 0 aliphatic heterocycles. The fourth-order valence-electron chi connectivity index (χ4n) is 1.80. The van der Waals surface area contributed by atoms with Gasteiger partial charge in [-0.25, -0.2) is 4.98 Å². The zero-order valence-corrected chi connectivity index (χ0v) is 10.0. The summed E-state index contributed by atoms with van der Waals surface area (Å²) < 4.78 is 5.27. The maximum absolute atomic E-state index is 6.16. The van der Waals surface area contributed by atoms with E-state index in [2.05, 4.69) is 4.98 Å². The van der Waals surface area contributed by atoms with E-state index in [1.165, 1.54) is 0 Å². The molecule has 1 aromatic heterocycles. The Morgan fingerprint density at radius 3 is 2.81 bits per heavy atom. The summed E-state index contributed by atoms with van der Waals surface area (Å²) in [6.45, 7) is 2.40. The molecule has 1 heterocycles. The standard InChI is InChI=1S/C12H13ClN2O/c1-7-5-8(6-14)15-12-10(16-2)4-3-9(13)11(7)12/h3-5H,6,14H2,1-2H3. The number of aromatic nitrogens is 1. The predicted octanol–water partition coefficient (Wildman–Crippen LogP) is 2.66. The van der Waals surface area contributed by atoms with Crippen LogP contribution in [0, 0.1) is 6.92 Å². The molecule has 84 valence electrons. The second-order valence-electron chi connectivity index (χ2n) is 3.61. The lowest BCUT2D eigenvalue weighted by Gasteiger charge is -2.10. The first-order valence-corrected chi connectivity index (χ1v) is 5.38. The van der Waals surface area contributed by atoms with E-state index in [1.54, 1.807) is 7.11 Å². The van der Waals surface area contributed by atoms with Crippen LogP contribution < -0.4 is 10.5 Å². The van der Waals surface area contributed by atoms with Gasteiger partial charge >= 0.3 is 0 Å². The monoisotopic (exact) mass is 236 g/mol. The van der Waals surface area contributed by atoms with Crippen molar-refractivity contribution in [2.24, 2.45) is 5.73 Å². The van der Waals surface area contributed by atoms with Crippen molar-refractivity contribution in [3.05, 3.63) is 34.5 Å². The average molecular weight is 237 g/mol. The Morgan fingerprint density at radius 2 is 2.19 bits per heavy atom. The molecule has 0 aliphatic rings. The molecular formula is C12H13ClN2O. The van der Waals surface area contributed by atoms with Gasteiger partial charge in [-0.3, -0.25) is 0 Å². The van der Waals surface area contributed by atoms with E-state index in [1.807, 2.05) is 25.1 Å². The molecule has 0 amide bonds. The van der Waals surface area contributed by atoms with Gasteiger partial charge in [0.05, 0.1) is 17.8 Å². The van der Waals surface area contributed by atoms with Crippen LogP contribution in [0.4, 0.5) is 0 Å². The smallest absolute Gasteiger partial charge is 0.145 e. The van der Waals surface area contributed by atoms with E-state index in [4.69, 9.17) is 22.1 Å². The molecule has 3 nitrogen and oxygen atoms in total. The van der Waals surface area contributed by atoms with Crippen molar-refractivity contribution in [2.75, 3.05) is 7.11 Å². The molecule has 0 unspecified atom stereocenters. The van der Waals surface area contributed by atoms with Gasteiger partial charge in [0.1, 0.15) is 11.3 Å². The Kier molecular flexibility index (Phi) is 2.99. The van der Waals surface area contributed by atoms with E-state index in [0.717, 1.165) is 27.9 Å². The second-order valence-corrected chi connectivity index (χ2v) is 4.02. The van der Waals surface area contributed by atoms with Crippen LogP contribution in [0.15, 0.2) is 18.2 Å². The van der Waals surface area contributed by atoms with Gasteiger partial charge in [0, 0.05) is 11.9 Å². The summed E-state index contributed by atoms with van der Waals surface area (Å²) >= 11 is 6.16. The molecule has 2 N–H and O–H groups in total. The van der Waals surface area contributed by atoms with Crippen LogP contribution >= 0.6 is 11.6 Å². The zero-order valence-electron chi connectivity index (χ0n) is 9.25. The summed E-state index contributed by atoms with van der Waals surface area (Å²) in [5, 5.41) is 1.61. The zero-order chi connectivity index (χ0) is 11.7. The Hall–Kier alpha value is -1.32. The molecule has 0 saturated heterocycles. The SMILES string of the molecule is COc1ccc(Cl)c2c(C)cc(CN)nc12. The Morgan fingerprint density at radius 1 is 1.44 bits per heavy atom. The van der Waals surface area contributed by atoms with Crippen LogP contribution in [0.25, 0.3) is 10.9 Å². The number of nitrogens with two attached hydrogens (primary N) is 1. The van der Waals surface area contributed by atoms with Crippen molar-refractivity contribution in [3.63, 3.8) is 0 Å². The molecule has 0 bridgehead atoms. The molecule has 4 heteroatoms. The van der Waals surface area contributed by atoms with Gasteiger partial charge in [0.25, 0.3) is 0 Å². The van der Waals surface area contributed by atoms with Gasteiger partial charge in [0.15, 0.2) is 0 Å². The van der Waals surface area contributed by atoms with E-state index >= 15 is 0 Å². The highest BCUT2D eigenvalue weighted by Crippen LogP contribution is 2.32. The molecule has 0 fully saturated rings. The van der Waals surface area contributed by atoms with Crippen LogP contribution in [0.5, 0.6) is 5.75 Å². The summed E-state index contributed by atoms with van der Waals surface area (Å²) in [6, 6.07) is 5.59. The Bertz CT molecular complexity index is 540. The van der Waals surface area contributed by atoms with Crippen LogP contribution in [0.1, 0.15) is 11.3 Å². The first kappa shape index (κ1) is 11.2. The number of halogens is 1. The average Bonchev–Trinajstić information content (AvgIpc) is 2.28. The number of hydrogen-bond acceptors (Lipinski definition) is 3. The number of fused-ring (bicyclic) bond motifs is 1. The quantitative estimate of drug-likeness (QED) is 0.872. The lowest BCUT2D eigenvalue weighted by atomic mass is 10.1. The molecule has 1 aromatic carbocycles. The maximum Gasteiger partial charge on any atom is 0.145 e. The van der Waals surface area contributed by atoms with E-state index in [-0.39, 0.29) is 0 Å². The molecule has 0 saturated carbocycles. The summed E-state index contributed by atoms with van der Waals surface area (Å²) in [5.41, 5.74) is 8.28. The van der Waals surface area contributed by atoms with Gasteiger partial charge in [-0.05, 0) is 30.7 Å². The van der Waals surface area contributed by atoms with Crippen molar-refractivity contribution in [1.82, 2.24) is 4.98 Å². The highest BCUT2D eigenvalue weighted by molar-refractivity contribution is 6.35. The number of hydrogen-bond donors (Lipinski definition) is 1. The third-order valence-electron chi connectivity index (χ3n) is 2.55. The van der Waals surface area contributed by atoms with Gasteiger partial charge in [-0.2, -0.15) is 0 Å². The van der Waals surface area contributed by atoms with E-state index in [0.29, 0.717) is 11.6 Å². The Labute approximate surface area is 99.2 Å². The minimum Gasteiger partial charge on any atom is -0.494 e. The summed E-state index contributed by atoms with van der Waals surface area (Å²) in [6.07, 6.45) is 0.